The lowest BCUT2D eigenvalue weighted by molar-refractivity contribution is -0.146. The summed E-state index contributed by atoms with van der Waals surface area (Å²) >= 11 is 0. The number of nitrogens with zero attached hydrogens (tertiary/aromatic N) is 4. The van der Waals surface area contributed by atoms with Crippen molar-refractivity contribution in [1.29, 1.82) is 0 Å². The number of rotatable bonds is 5. The van der Waals surface area contributed by atoms with Crippen LogP contribution in [0.25, 0.3) is 5.69 Å². The number of carbonyl (C=O) groups is 2. The molecule has 9 heteroatoms. The Bertz CT molecular complexity index is 968. The summed E-state index contributed by atoms with van der Waals surface area (Å²) in [5, 5.41) is 16.6. The van der Waals surface area contributed by atoms with E-state index in [-0.39, 0.29) is 23.6 Å². The number of benzene rings is 1. The van der Waals surface area contributed by atoms with E-state index >= 15 is 0 Å². The van der Waals surface area contributed by atoms with Gasteiger partial charge in [-0.15, -0.1) is 5.10 Å². The van der Waals surface area contributed by atoms with Gasteiger partial charge in [0, 0.05) is 5.41 Å². The maximum Gasteiger partial charge on any atom is 0.243 e. The monoisotopic (exact) mass is 412 g/mol. The number of hydrogen-bond acceptors (Lipinski definition) is 5. The van der Waals surface area contributed by atoms with Crippen molar-refractivity contribution in [3.63, 3.8) is 0 Å². The van der Waals surface area contributed by atoms with Crippen molar-refractivity contribution in [3.05, 3.63) is 29.8 Å². The van der Waals surface area contributed by atoms with Crippen molar-refractivity contribution in [2.24, 2.45) is 23.2 Å². The Kier molecular flexibility index (Phi) is 4.56. The molecule has 2 amide bonds. The molecule has 4 aliphatic rings. The van der Waals surface area contributed by atoms with E-state index < -0.39 is 11.7 Å². The molecule has 4 aliphatic carbocycles. The average molecular weight is 412 g/mol. The summed E-state index contributed by atoms with van der Waals surface area (Å²) < 4.78 is 15.7. The van der Waals surface area contributed by atoms with Crippen molar-refractivity contribution < 1.29 is 14.0 Å². The zero-order chi connectivity index (χ0) is 20.9. The summed E-state index contributed by atoms with van der Waals surface area (Å²) in [6.07, 6.45) is 6.58. The normalized spacial score (nSPS) is 29.1. The van der Waals surface area contributed by atoms with Gasteiger partial charge < -0.3 is 10.6 Å². The predicted molar refractivity (Wildman–Crippen MR) is 106 cm³/mol. The molecule has 1 aromatic carbocycles. The molecule has 8 nitrogen and oxygen atoms in total. The van der Waals surface area contributed by atoms with Crippen LogP contribution < -0.4 is 10.6 Å². The highest BCUT2D eigenvalue weighted by Crippen LogP contribution is 2.60. The van der Waals surface area contributed by atoms with Crippen LogP contribution in [0.15, 0.2) is 18.2 Å². The number of halogens is 1. The second-order valence-electron chi connectivity index (χ2n) is 9.23. The zero-order valence-electron chi connectivity index (χ0n) is 16.9. The van der Waals surface area contributed by atoms with Gasteiger partial charge in [0.05, 0.1) is 17.9 Å². The standard InChI is InChI=1S/C21H25FN6O2/c1-12-25-26-27-28(12)16-2-3-17(22)18(7-16)24-19(29)11-23-20(30)21-8-13-4-14(9-21)6-15(5-13)10-21/h2-3,7,13-15H,4-6,8-11H2,1H3,(H,23,30)(H,24,29). The number of aromatic nitrogens is 4. The minimum atomic E-state index is -0.565. The molecule has 2 N–H and O–H groups in total. The molecular weight excluding hydrogens is 387 g/mol. The van der Waals surface area contributed by atoms with Crippen molar-refractivity contribution in [3.8, 4) is 5.69 Å². The Balaban J connectivity index is 1.23. The molecule has 6 rings (SSSR count). The minimum Gasteiger partial charge on any atom is -0.347 e. The van der Waals surface area contributed by atoms with Gasteiger partial charge in [-0.25, -0.2) is 4.39 Å². The highest BCUT2D eigenvalue weighted by molar-refractivity contribution is 5.95. The number of amides is 2. The van der Waals surface area contributed by atoms with E-state index in [1.165, 1.54) is 42.1 Å². The molecule has 0 atom stereocenters. The summed E-state index contributed by atoms with van der Waals surface area (Å²) in [6, 6.07) is 4.25. The summed E-state index contributed by atoms with van der Waals surface area (Å²) in [5.74, 6) is 1.46. The quantitative estimate of drug-likeness (QED) is 0.785. The number of carbonyl (C=O) groups excluding carboxylic acids is 2. The number of aryl methyl sites for hydroxylation is 1. The molecule has 158 valence electrons. The smallest absolute Gasteiger partial charge is 0.243 e. The van der Waals surface area contributed by atoms with E-state index in [2.05, 4.69) is 26.2 Å². The molecule has 0 radical (unpaired) electrons. The summed E-state index contributed by atoms with van der Waals surface area (Å²) in [4.78, 5) is 25.4. The molecule has 0 unspecified atom stereocenters. The molecule has 0 saturated heterocycles. The van der Waals surface area contributed by atoms with Crippen molar-refractivity contribution in [2.45, 2.75) is 45.4 Å². The van der Waals surface area contributed by atoms with Crippen LogP contribution in [0.1, 0.15) is 44.3 Å². The highest BCUT2D eigenvalue weighted by atomic mass is 19.1. The number of anilines is 1. The Labute approximate surface area is 173 Å². The van der Waals surface area contributed by atoms with E-state index in [9.17, 15) is 14.0 Å². The topological polar surface area (TPSA) is 102 Å². The van der Waals surface area contributed by atoms with Gasteiger partial charge in [0.25, 0.3) is 0 Å². The largest absolute Gasteiger partial charge is 0.347 e. The van der Waals surface area contributed by atoms with Crippen LogP contribution in [-0.2, 0) is 9.59 Å². The maximum atomic E-state index is 14.2. The van der Waals surface area contributed by atoms with Crippen molar-refractivity contribution in [2.75, 3.05) is 11.9 Å². The molecule has 4 saturated carbocycles. The second kappa shape index (κ2) is 7.14. The van der Waals surface area contributed by atoms with Gasteiger partial charge >= 0.3 is 0 Å². The van der Waals surface area contributed by atoms with Gasteiger partial charge in [0.1, 0.15) is 5.82 Å². The lowest BCUT2D eigenvalue weighted by Gasteiger charge is -2.55. The average Bonchev–Trinajstić information content (AvgIpc) is 3.12. The summed E-state index contributed by atoms with van der Waals surface area (Å²) in [6.45, 7) is 1.55. The van der Waals surface area contributed by atoms with Gasteiger partial charge in [0.2, 0.25) is 11.8 Å². The van der Waals surface area contributed by atoms with Crippen LogP contribution in [0.2, 0.25) is 0 Å². The Hall–Kier alpha value is -2.84. The zero-order valence-corrected chi connectivity index (χ0v) is 16.9. The molecule has 1 aromatic heterocycles. The minimum absolute atomic E-state index is 0.0183. The van der Waals surface area contributed by atoms with E-state index in [0.717, 1.165) is 19.3 Å². The van der Waals surface area contributed by atoms with E-state index in [1.54, 1.807) is 6.92 Å². The van der Waals surface area contributed by atoms with Crippen LogP contribution >= 0.6 is 0 Å². The third-order valence-electron chi connectivity index (χ3n) is 7.02. The Morgan fingerprint density at radius 2 is 1.83 bits per heavy atom. The first-order chi connectivity index (χ1) is 14.4. The first-order valence-electron chi connectivity index (χ1n) is 10.5. The van der Waals surface area contributed by atoms with Crippen LogP contribution in [0.4, 0.5) is 10.1 Å². The molecular formula is C21H25FN6O2. The van der Waals surface area contributed by atoms with Gasteiger partial charge in [-0.3, -0.25) is 9.59 Å². The van der Waals surface area contributed by atoms with E-state index in [1.807, 2.05) is 0 Å². The van der Waals surface area contributed by atoms with Gasteiger partial charge in [-0.05, 0) is 91.8 Å². The molecule has 2 aromatic rings. The first kappa shape index (κ1) is 19.1. The molecule has 0 aliphatic heterocycles. The molecule has 30 heavy (non-hydrogen) atoms. The number of tetrazole rings is 1. The molecule has 4 bridgehead atoms. The van der Waals surface area contributed by atoms with Gasteiger partial charge in [-0.1, -0.05) is 0 Å². The molecule has 1 heterocycles. The van der Waals surface area contributed by atoms with Crippen LogP contribution in [0, 0.1) is 35.9 Å². The fourth-order valence-electron chi connectivity index (χ4n) is 6.14. The summed E-state index contributed by atoms with van der Waals surface area (Å²) in [7, 11) is 0. The third-order valence-corrected chi connectivity index (χ3v) is 7.02. The first-order valence-corrected chi connectivity index (χ1v) is 10.5. The fraction of sp³-hybridized carbons (Fsp3) is 0.571. The maximum absolute atomic E-state index is 14.2. The SMILES string of the molecule is Cc1nnnn1-c1ccc(F)c(NC(=O)CNC(=O)C23CC4CC(CC(C4)C2)C3)c1. The van der Waals surface area contributed by atoms with E-state index in [0.29, 0.717) is 29.3 Å². The Morgan fingerprint density at radius 3 is 2.43 bits per heavy atom. The lowest BCUT2D eigenvalue weighted by atomic mass is 9.49. The number of hydrogen-bond donors (Lipinski definition) is 2. The van der Waals surface area contributed by atoms with E-state index in [4.69, 9.17) is 0 Å². The second-order valence-corrected chi connectivity index (χ2v) is 9.23. The van der Waals surface area contributed by atoms with Gasteiger partial charge in [0.15, 0.2) is 5.82 Å². The van der Waals surface area contributed by atoms with Crippen LogP contribution in [-0.4, -0.2) is 38.6 Å². The van der Waals surface area contributed by atoms with Crippen molar-refractivity contribution in [1.82, 2.24) is 25.5 Å². The van der Waals surface area contributed by atoms with Crippen molar-refractivity contribution >= 4 is 17.5 Å². The highest BCUT2D eigenvalue weighted by Gasteiger charge is 2.54. The van der Waals surface area contributed by atoms with Crippen LogP contribution in [0.5, 0.6) is 0 Å². The predicted octanol–water partition coefficient (Wildman–Crippen LogP) is 2.38. The molecule has 4 fully saturated rings. The van der Waals surface area contributed by atoms with Gasteiger partial charge in [-0.2, -0.15) is 4.68 Å². The third kappa shape index (κ3) is 3.36. The molecule has 0 spiro atoms. The van der Waals surface area contributed by atoms with Crippen LogP contribution in [0.3, 0.4) is 0 Å². The lowest BCUT2D eigenvalue weighted by Crippen LogP contribution is -2.54. The summed E-state index contributed by atoms with van der Waals surface area (Å²) in [5.41, 5.74) is 0.251. The fourth-order valence-corrected chi connectivity index (χ4v) is 6.14. The Morgan fingerprint density at radius 1 is 1.17 bits per heavy atom. The number of nitrogens with one attached hydrogen (secondary N) is 2.